The van der Waals surface area contributed by atoms with Crippen LogP contribution in [0.1, 0.15) is 11.7 Å². The van der Waals surface area contributed by atoms with Crippen molar-refractivity contribution in [1.29, 1.82) is 0 Å². The van der Waals surface area contributed by atoms with Crippen molar-refractivity contribution in [3.8, 4) is 0 Å². The third kappa shape index (κ3) is 10.3. The van der Waals surface area contributed by atoms with E-state index in [0.29, 0.717) is 21.6 Å². The molecular formula is C20H22BClF4N2OSe. The summed E-state index contributed by atoms with van der Waals surface area (Å²) in [6, 6.07) is 18.7. The van der Waals surface area contributed by atoms with Gasteiger partial charge in [0, 0.05) is 0 Å². The van der Waals surface area contributed by atoms with Crippen molar-refractivity contribution >= 4 is 38.3 Å². The van der Waals surface area contributed by atoms with Gasteiger partial charge in [0.25, 0.3) is 0 Å². The van der Waals surface area contributed by atoms with E-state index in [-0.39, 0.29) is 6.10 Å². The predicted octanol–water partition coefficient (Wildman–Crippen LogP) is 4.47. The molecule has 1 heterocycles. The molecule has 162 valence electrons. The summed E-state index contributed by atoms with van der Waals surface area (Å²) in [5.41, 5.74) is 1.19. The monoisotopic (exact) mass is 508 g/mol. The van der Waals surface area contributed by atoms with E-state index in [2.05, 4.69) is 59.6 Å². The van der Waals surface area contributed by atoms with E-state index in [0.717, 1.165) is 16.9 Å². The van der Waals surface area contributed by atoms with Gasteiger partial charge >= 0.3 is 168 Å². The van der Waals surface area contributed by atoms with Gasteiger partial charge in [-0.25, -0.2) is 0 Å². The van der Waals surface area contributed by atoms with Crippen molar-refractivity contribution in [2.45, 2.75) is 18.0 Å². The van der Waals surface area contributed by atoms with Crippen LogP contribution in [-0.2, 0) is 18.3 Å². The molecule has 3 nitrogen and oxygen atoms in total. The number of hydrogen-bond donors (Lipinski definition) is 0. The summed E-state index contributed by atoms with van der Waals surface area (Å²) >= 11 is 6.41. The summed E-state index contributed by atoms with van der Waals surface area (Å²) in [4.78, 5) is 0. The molecule has 3 rings (SSSR count). The Labute approximate surface area is 184 Å². The number of aromatic nitrogens is 2. The Kier molecular flexibility index (Phi) is 9.92. The molecular weight excluding hydrogens is 485 g/mol. The summed E-state index contributed by atoms with van der Waals surface area (Å²) in [5.74, 6) is 0. The minimum Gasteiger partial charge on any atom is -0.418 e. The number of benzene rings is 2. The number of hydrogen-bond acceptors (Lipinski definition) is 1. The first-order valence-corrected chi connectivity index (χ1v) is 11.6. The van der Waals surface area contributed by atoms with Crippen LogP contribution >= 0.6 is 11.6 Å². The average Bonchev–Trinajstić information content (AvgIpc) is 3.10. The van der Waals surface area contributed by atoms with Crippen LogP contribution in [0.4, 0.5) is 17.3 Å². The van der Waals surface area contributed by atoms with Crippen LogP contribution in [0.3, 0.4) is 0 Å². The van der Waals surface area contributed by atoms with E-state index in [1.807, 2.05) is 29.9 Å². The van der Waals surface area contributed by atoms with E-state index in [1.165, 1.54) is 10.0 Å². The van der Waals surface area contributed by atoms with E-state index < -0.39 is 7.25 Å². The first kappa shape index (κ1) is 24.5. The fourth-order valence-electron chi connectivity index (χ4n) is 2.54. The van der Waals surface area contributed by atoms with Crippen LogP contribution in [0.5, 0.6) is 0 Å². The third-order valence-corrected chi connectivity index (χ3v) is 6.39. The fraction of sp³-hybridized carbons (Fsp3) is 0.250. The van der Waals surface area contributed by atoms with Crippen LogP contribution in [0.25, 0.3) is 0 Å². The third-order valence-electron chi connectivity index (χ3n) is 3.88. The maximum atomic E-state index is 9.75. The number of imidazole rings is 1. The second-order valence-electron chi connectivity index (χ2n) is 6.35. The molecule has 0 N–H and O–H groups in total. The molecule has 0 bridgehead atoms. The van der Waals surface area contributed by atoms with Gasteiger partial charge in [-0.15, -0.1) is 0 Å². The number of aryl methyl sites for hydroxylation is 1. The number of ether oxygens (including phenoxy) is 1. The van der Waals surface area contributed by atoms with Crippen molar-refractivity contribution in [1.82, 2.24) is 4.57 Å². The molecule has 0 fully saturated rings. The molecule has 0 amide bonds. The van der Waals surface area contributed by atoms with Gasteiger partial charge in [0.15, 0.2) is 0 Å². The van der Waals surface area contributed by atoms with Gasteiger partial charge in [0.1, 0.15) is 0 Å². The number of nitrogens with zero attached hydrogens (tertiary/aromatic N) is 2. The van der Waals surface area contributed by atoms with Crippen molar-refractivity contribution < 1.29 is 26.6 Å². The van der Waals surface area contributed by atoms with Gasteiger partial charge in [-0.3, -0.25) is 0 Å². The molecule has 30 heavy (non-hydrogen) atoms. The Morgan fingerprint density at radius 3 is 2.27 bits per heavy atom. The molecule has 1 atom stereocenters. The predicted molar refractivity (Wildman–Crippen MR) is 113 cm³/mol. The van der Waals surface area contributed by atoms with Crippen LogP contribution in [0.2, 0.25) is 10.3 Å². The first-order valence-electron chi connectivity index (χ1n) is 9.14. The first-order chi connectivity index (χ1) is 14.2. The van der Waals surface area contributed by atoms with Gasteiger partial charge in [-0.1, -0.05) is 0 Å². The summed E-state index contributed by atoms with van der Waals surface area (Å²) in [6.45, 7) is 1.54. The van der Waals surface area contributed by atoms with E-state index >= 15 is 0 Å². The van der Waals surface area contributed by atoms with E-state index in [1.54, 1.807) is 0 Å². The van der Waals surface area contributed by atoms with E-state index in [4.69, 9.17) is 16.3 Å². The molecule has 0 spiro atoms. The maximum Gasteiger partial charge on any atom is 0.673 e. The molecule has 3 aromatic rings. The van der Waals surface area contributed by atoms with Crippen molar-refractivity contribution in [3.05, 3.63) is 83.9 Å². The normalized spacial score (nSPS) is 12.2. The second kappa shape index (κ2) is 12.2. The van der Waals surface area contributed by atoms with Crippen LogP contribution in [-0.4, -0.2) is 33.4 Å². The van der Waals surface area contributed by atoms with Crippen LogP contribution in [0.15, 0.2) is 73.3 Å². The van der Waals surface area contributed by atoms with Gasteiger partial charge < -0.3 is 17.3 Å². The molecule has 1 unspecified atom stereocenters. The van der Waals surface area contributed by atoms with Crippen molar-refractivity contribution in [2.24, 2.45) is 7.05 Å². The maximum absolute atomic E-state index is 9.75. The Balaban J connectivity index is 0.000000575. The topological polar surface area (TPSA) is 18.0 Å². The molecule has 0 aliphatic heterocycles. The largest absolute Gasteiger partial charge is 0.673 e. The fourth-order valence-corrected chi connectivity index (χ4v) is 4.73. The molecule has 0 aliphatic carbocycles. The summed E-state index contributed by atoms with van der Waals surface area (Å²) < 4.78 is 50.8. The number of halogens is 5. The van der Waals surface area contributed by atoms with Gasteiger partial charge in [-0.05, 0) is 0 Å². The summed E-state index contributed by atoms with van der Waals surface area (Å²) in [6.07, 6.45) is 6.26. The molecule has 1 aromatic heterocycles. The standard InChI is InChI=1S/C20H22ClN2OSe.BF4/c1-22-11-12-23(16-22)13-14-24-20(17-7-9-18(21)10-8-17)15-25-19-5-3-2-4-6-19;2-1(3,4)5/h2-12,16,20H,13-15H2,1H3;/q+1;-1. The van der Waals surface area contributed by atoms with Gasteiger partial charge in [0.2, 0.25) is 0 Å². The SMILES string of the molecule is C[n+]1ccn(CCOC(C[Se]c2ccccc2)c2ccc(Cl)cc2)c1.F[B-](F)(F)F. The van der Waals surface area contributed by atoms with Gasteiger partial charge in [-0.2, -0.15) is 0 Å². The molecule has 0 aliphatic rings. The zero-order valence-electron chi connectivity index (χ0n) is 16.3. The Hall–Kier alpha value is -1.80. The Bertz CT molecular complexity index is 873. The molecule has 10 heteroatoms. The van der Waals surface area contributed by atoms with Crippen LogP contribution < -0.4 is 9.03 Å². The summed E-state index contributed by atoms with van der Waals surface area (Å²) in [5, 5.41) is 1.77. The minimum atomic E-state index is -6.00. The second-order valence-corrected chi connectivity index (χ2v) is 9.08. The molecule has 2 aromatic carbocycles. The molecule has 0 saturated heterocycles. The molecule has 0 saturated carbocycles. The smallest absolute Gasteiger partial charge is 0.418 e. The van der Waals surface area contributed by atoms with Crippen molar-refractivity contribution in [3.63, 3.8) is 0 Å². The Morgan fingerprint density at radius 2 is 1.70 bits per heavy atom. The van der Waals surface area contributed by atoms with E-state index in [9.17, 15) is 17.3 Å². The quantitative estimate of drug-likeness (QED) is 0.250. The van der Waals surface area contributed by atoms with Crippen molar-refractivity contribution in [2.75, 3.05) is 6.61 Å². The number of rotatable bonds is 8. The minimum absolute atomic E-state index is 0.0989. The van der Waals surface area contributed by atoms with Crippen LogP contribution in [0, 0.1) is 0 Å². The Morgan fingerprint density at radius 1 is 1.07 bits per heavy atom. The zero-order valence-corrected chi connectivity index (χ0v) is 18.8. The zero-order chi connectivity index (χ0) is 22.0. The average molecular weight is 508 g/mol. The molecule has 0 radical (unpaired) electrons. The van der Waals surface area contributed by atoms with Gasteiger partial charge in [0.05, 0.1) is 0 Å². The summed E-state index contributed by atoms with van der Waals surface area (Å²) in [7, 11) is -3.98.